The van der Waals surface area contributed by atoms with Gasteiger partial charge in [-0.15, -0.1) is 6.42 Å². The molecule has 0 aromatic heterocycles. The summed E-state index contributed by atoms with van der Waals surface area (Å²) in [6.07, 6.45) is 8.29. The zero-order valence-corrected chi connectivity index (χ0v) is 11.8. The first-order valence-corrected chi connectivity index (χ1v) is 6.87. The number of rotatable bonds is 5. The van der Waals surface area contributed by atoms with Gasteiger partial charge in [-0.05, 0) is 43.7 Å². The molecule has 1 aromatic carbocycles. The van der Waals surface area contributed by atoms with Crippen LogP contribution in [0.1, 0.15) is 29.5 Å². The van der Waals surface area contributed by atoms with Gasteiger partial charge in [0.05, 0.1) is 13.0 Å². The smallest absolute Gasteiger partial charge is 0.227 e. The van der Waals surface area contributed by atoms with Crippen LogP contribution in [0.2, 0.25) is 0 Å². The molecule has 0 saturated heterocycles. The van der Waals surface area contributed by atoms with Crippen LogP contribution in [0.3, 0.4) is 0 Å². The number of carbonyl (C=O) groups is 1. The lowest BCUT2D eigenvalue weighted by atomic mass is 10.0. The van der Waals surface area contributed by atoms with Crippen LogP contribution in [0.5, 0.6) is 0 Å². The van der Waals surface area contributed by atoms with E-state index >= 15 is 0 Å². The second kappa shape index (κ2) is 5.93. The zero-order valence-electron chi connectivity index (χ0n) is 11.8. The fourth-order valence-corrected chi connectivity index (χ4v) is 2.24. The molecule has 2 nitrogen and oxygen atoms in total. The van der Waals surface area contributed by atoms with Crippen LogP contribution in [0.15, 0.2) is 18.2 Å². The SMILES string of the molecule is C#CCN(CC1CC1)C(=O)Cc1cc(C)ccc1C. The molecular weight excluding hydrogens is 234 g/mol. The molecule has 0 N–H and O–H groups in total. The summed E-state index contributed by atoms with van der Waals surface area (Å²) in [7, 11) is 0. The first-order chi connectivity index (χ1) is 9.10. The zero-order chi connectivity index (χ0) is 13.8. The van der Waals surface area contributed by atoms with Crippen LogP contribution in [0.4, 0.5) is 0 Å². The van der Waals surface area contributed by atoms with E-state index < -0.39 is 0 Å². The molecule has 0 bridgehead atoms. The van der Waals surface area contributed by atoms with Crippen molar-refractivity contribution in [2.45, 2.75) is 33.1 Å². The summed E-state index contributed by atoms with van der Waals surface area (Å²) < 4.78 is 0. The highest BCUT2D eigenvalue weighted by atomic mass is 16.2. The Morgan fingerprint density at radius 1 is 1.42 bits per heavy atom. The summed E-state index contributed by atoms with van der Waals surface area (Å²) in [6.45, 7) is 5.36. The molecule has 1 saturated carbocycles. The molecule has 1 aliphatic rings. The monoisotopic (exact) mass is 255 g/mol. The van der Waals surface area contributed by atoms with E-state index in [9.17, 15) is 4.79 Å². The van der Waals surface area contributed by atoms with Gasteiger partial charge in [0.15, 0.2) is 0 Å². The maximum Gasteiger partial charge on any atom is 0.227 e. The highest BCUT2D eigenvalue weighted by molar-refractivity contribution is 5.79. The molecule has 100 valence electrons. The Hall–Kier alpha value is -1.75. The third kappa shape index (κ3) is 3.86. The van der Waals surface area contributed by atoms with Gasteiger partial charge in [0, 0.05) is 6.54 Å². The third-order valence-electron chi connectivity index (χ3n) is 3.66. The minimum absolute atomic E-state index is 0.151. The molecule has 2 heteroatoms. The quantitative estimate of drug-likeness (QED) is 0.741. The van der Waals surface area contributed by atoms with Crippen molar-refractivity contribution in [3.8, 4) is 12.3 Å². The van der Waals surface area contributed by atoms with Crippen LogP contribution >= 0.6 is 0 Å². The van der Waals surface area contributed by atoms with Crippen molar-refractivity contribution >= 4 is 5.91 Å². The van der Waals surface area contributed by atoms with Gasteiger partial charge in [-0.1, -0.05) is 29.7 Å². The number of hydrogen-bond donors (Lipinski definition) is 0. The lowest BCUT2D eigenvalue weighted by molar-refractivity contribution is -0.130. The van der Waals surface area contributed by atoms with E-state index in [4.69, 9.17) is 6.42 Å². The van der Waals surface area contributed by atoms with E-state index in [0.29, 0.717) is 18.9 Å². The van der Waals surface area contributed by atoms with Crippen molar-refractivity contribution in [1.29, 1.82) is 0 Å². The maximum atomic E-state index is 12.4. The summed E-state index contributed by atoms with van der Waals surface area (Å²) in [4.78, 5) is 14.2. The van der Waals surface area contributed by atoms with E-state index in [1.54, 1.807) is 0 Å². The molecule has 1 amide bonds. The van der Waals surface area contributed by atoms with E-state index in [-0.39, 0.29) is 5.91 Å². The lowest BCUT2D eigenvalue weighted by Crippen LogP contribution is -2.34. The highest BCUT2D eigenvalue weighted by Crippen LogP contribution is 2.29. The van der Waals surface area contributed by atoms with Crippen molar-refractivity contribution in [2.75, 3.05) is 13.1 Å². The van der Waals surface area contributed by atoms with E-state index in [1.165, 1.54) is 24.0 Å². The van der Waals surface area contributed by atoms with Gasteiger partial charge in [-0.2, -0.15) is 0 Å². The van der Waals surface area contributed by atoms with Crippen LogP contribution in [0, 0.1) is 32.1 Å². The summed E-state index contributed by atoms with van der Waals surface area (Å²) >= 11 is 0. The number of carbonyl (C=O) groups excluding carboxylic acids is 1. The van der Waals surface area contributed by atoms with Gasteiger partial charge in [-0.3, -0.25) is 4.79 Å². The summed E-state index contributed by atoms with van der Waals surface area (Å²) in [5, 5.41) is 0. The molecule has 1 fully saturated rings. The predicted molar refractivity (Wildman–Crippen MR) is 77.8 cm³/mol. The number of terminal acetylenes is 1. The second-order valence-corrected chi connectivity index (χ2v) is 5.53. The first-order valence-electron chi connectivity index (χ1n) is 6.87. The molecule has 0 spiro atoms. The van der Waals surface area contributed by atoms with Gasteiger partial charge in [-0.25, -0.2) is 0 Å². The molecule has 0 radical (unpaired) electrons. The van der Waals surface area contributed by atoms with Crippen molar-refractivity contribution in [3.05, 3.63) is 34.9 Å². The molecule has 2 rings (SSSR count). The molecular formula is C17H21NO. The first kappa shape index (κ1) is 13.7. The molecule has 0 aliphatic heterocycles. The Balaban J connectivity index is 2.04. The standard InChI is InChI=1S/C17H21NO/c1-4-9-18(12-15-7-8-15)17(19)11-16-10-13(2)5-6-14(16)3/h1,5-6,10,15H,7-9,11-12H2,2-3H3. The Morgan fingerprint density at radius 2 is 2.16 bits per heavy atom. The number of nitrogens with zero attached hydrogens (tertiary/aromatic N) is 1. The van der Waals surface area contributed by atoms with Gasteiger partial charge in [0.2, 0.25) is 5.91 Å². The molecule has 1 aliphatic carbocycles. The van der Waals surface area contributed by atoms with Gasteiger partial charge in [0.25, 0.3) is 0 Å². The molecule has 0 unspecified atom stereocenters. The normalized spacial score (nSPS) is 13.9. The summed E-state index contributed by atoms with van der Waals surface area (Å²) in [5.74, 6) is 3.43. The third-order valence-corrected chi connectivity index (χ3v) is 3.66. The highest BCUT2D eigenvalue weighted by Gasteiger charge is 2.26. The number of hydrogen-bond acceptors (Lipinski definition) is 1. The average molecular weight is 255 g/mol. The number of benzene rings is 1. The van der Waals surface area contributed by atoms with E-state index in [1.807, 2.05) is 4.90 Å². The van der Waals surface area contributed by atoms with Crippen molar-refractivity contribution < 1.29 is 4.79 Å². The topological polar surface area (TPSA) is 20.3 Å². The summed E-state index contributed by atoms with van der Waals surface area (Å²) in [6, 6.07) is 6.25. The van der Waals surface area contributed by atoms with Crippen molar-refractivity contribution in [2.24, 2.45) is 5.92 Å². The Bertz CT molecular complexity index is 508. The Kier molecular flexibility index (Phi) is 4.27. The lowest BCUT2D eigenvalue weighted by Gasteiger charge is -2.20. The largest absolute Gasteiger partial charge is 0.331 e. The summed E-state index contributed by atoms with van der Waals surface area (Å²) in [5.41, 5.74) is 3.48. The van der Waals surface area contributed by atoms with Crippen molar-refractivity contribution in [1.82, 2.24) is 4.90 Å². The molecule has 19 heavy (non-hydrogen) atoms. The van der Waals surface area contributed by atoms with Crippen LogP contribution in [-0.2, 0) is 11.2 Å². The van der Waals surface area contributed by atoms with Crippen molar-refractivity contribution in [3.63, 3.8) is 0 Å². The van der Waals surface area contributed by atoms with Gasteiger partial charge < -0.3 is 4.90 Å². The van der Waals surface area contributed by atoms with Crippen LogP contribution in [-0.4, -0.2) is 23.9 Å². The average Bonchev–Trinajstić information content (AvgIpc) is 3.17. The van der Waals surface area contributed by atoms with Gasteiger partial charge in [0.1, 0.15) is 0 Å². The van der Waals surface area contributed by atoms with E-state index in [2.05, 4.69) is 38.0 Å². The van der Waals surface area contributed by atoms with Crippen LogP contribution in [0.25, 0.3) is 0 Å². The van der Waals surface area contributed by atoms with Gasteiger partial charge >= 0.3 is 0 Å². The fraction of sp³-hybridized carbons (Fsp3) is 0.471. The molecule has 0 heterocycles. The molecule has 0 atom stereocenters. The number of aryl methyl sites for hydroxylation is 2. The maximum absolute atomic E-state index is 12.4. The Labute approximate surface area is 115 Å². The predicted octanol–water partition coefficient (Wildman–Crippen LogP) is 2.72. The van der Waals surface area contributed by atoms with Crippen LogP contribution < -0.4 is 0 Å². The Morgan fingerprint density at radius 3 is 2.79 bits per heavy atom. The second-order valence-electron chi connectivity index (χ2n) is 5.53. The molecule has 1 aromatic rings. The fourth-order valence-electron chi connectivity index (χ4n) is 2.24. The minimum Gasteiger partial charge on any atom is -0.331 e. The minimum atomic E-state index is 0.151. The van der Waals surface area contributed by atoms with E-state index in [0.717, 1.165) is 12.1 Å². The number of amides is 1.